The summed E-state index contributed by atoms with van der Waals surface area (Å²) in [6.45, 7) is 4.07. The lowest BCUT2D eigenvalue weighted by Gasteiger charge is -2.41. The molecule has 2 heterocycles. The summed E-state index contributed by atoms with van der Waals surface area (Å²) >= 11 is 0. The van der Waals surface area contributed by atoms with Crippen LogP contribution >= 0.6 is 0 Å². The number of rotatable bonds is 10. The van der Waals surface area contributed by atoms with Crippen molar-refractivity contribution in [3.63, 3.8) is 0 Å². The lowest BCUT2D eigenvalue weighted by molar-refractivity contribution is -0.126. The minimum atomic E-state index is -3.81. The number of fused-ring (bicyclic) bond motifs is 1. The molecular formula is C28H37N5O4S. The maximum Gasteiger partial charge on any atom is 0.282 e. The smallest absolute Gasteiger partial charge is 0.282 e. The molecule has 38 heavy (non-hydrogen) atoms. The molecule has 10 heteroatoms. The van der Waals surface area contributed by atoms with Gasteiger partial charge in [-0.15, -0.1) is 6.42 Å². The van der Waals surface area contributed by atoms with E-state index in [1.165, 1.54) is 24.9 Å². The molecule has 2 saturated heterocycles. The van der Waals surface area contributed by atoms with E-state index >= 15 is 0 Å². The first kappa shape index (κ1) is 28.0. The van der Waals surface area contributed by atoms with Crippen molar-refractivity contribution in [1.82, 2.24) is 24.1 Å². The van der Waals surface area contributed by atoms with Gasteiger partial charge < -0.3 is 10.6 Å². The zero-order valence-electron chi connectivity index (χ0n) is 21.9. The minimum Gasteiger partial charge on any atom is -0.346 e. The first-order valence-electron chi connectivity index (χ1n) is 13.3. The van der Waals surface area contributed by atoms with Crippen molar-refractivity contribution in [2.45, 2.75) is 44.7 Å². The summed E-state index contributed by atoms with van der Waals surface area (Å²) in [4.78, 5) is 27.0. The number of piperidine rings is 1. The molecule has 2 aliphatic heterocycles. The van der Waals surface area contributed by atoms with Gasteiger partial charge in [0.1, 0.15) is 0 Å². The van der Waals surface area contributed by atoms with Gasteiger partial charge in [0.15, 0.2) is 0 Å². The number of nitrogens with one attached hydrogen (secondary N) is 2. The Hall–Kier alpha value is -2.97. The predicted octanol–water partition coefficient (Wildman–Crippen LogP) is 1.87. The number of hydrogen-bond donors (Lipinski definition) is 2. The first-order chi connectivity index (χ1) is 18.3. The maximum absolute atomic E-state index is 13.6. The largest absolute Gasteiger partial charge is 0.346 e. The number of likely N-dealkylation sites (tertiary alicyclic amines) is 1. The third-order valence-electron chi connectivity index (χ3n) is 7.55. The van der Waals surface area contributed by atoms with Gasteiger partial charge in [0.05, 0.1) is 19.6 Å². The van der Waals surface area contributed by atoms with Crippen LogP contribution in [0.5, 0.6) is 0 Å². The Kier molecular flexibility index (Phi) is 9.39. The Morgan fingerprint density at radius 3 is 2.42 bits per heavy atom. The van der Waals surface area contributed by atoms with Gasteiger partial charge in [0.25, 0.3) is 10.2 Å². The van der Waals surface area contributed by atoms with E-state index < -0.39 is 22.0 Å². The van der Waals surface area contributed by atoms with Crippen molar-refractivity contribution in [2.24, 2.45) is 0 Å². The number of hydrogen-bond acceptors (Lipinski definition) is 5. The van der Waals surface area contributed by atoms with Crippen LogP contribution in [0.2, 0.25) is 0 Å². The van der Waals surface area contributed by atoms with Gasteiger partial charge in [-0.05, 0) is 48.9 Å². The van der Waals surface area contributed by atoms with E-state index in [0.717, 1.165) is 25.9 Å². The van der Waals surface area contributed by atoms with Crippen LogP contribution in [-0.2, 0) is 19.8 Å². The molecule has 2 aliphatic rings. The molecule has 2 N–H and O–H groups in total. The van der Waals surface area contributed by atoms with Crippen LogP contribution in [0, 0.1) is 12.3 Å². The molecule has 0 bridgehead atoms. The number of amides is 2. The monoisotopic (exact) mass is 539 g/mol. The van der Waals surface area contributed by atoms with E-state index in [1.807, 2.05) is 6.07 Å². The highest BCUT2D eigenvalue weighted by atomic mass is 32.2. The summed E-state index contributed by atoms with van der Waals surface area (Å²) < 4.78 is 30.0. The number of carbonyl (C=O) groups is 2. The van der Waals surface area contributed by atoms with Crippen LogP contribution in [0.15, 0.2) is 42.5 Å². The quantitative estimate of drug-likeness (QED) is 0.449. The van der Waals surface area contributed by atoms with Gasteiger partial charge in [-0.2, -0.15) is 17.0 Å². The maximum atomic E-state index is 13.6. The van der Waals surface area contributed by atoms with Crippen LogP contribution in [0.3, 0.4) is 0 Å². The first-order valence-corrected chi connectivity index (χ1v) is 14.7. The van der Waals surface area contributed by atoms with Crippen molar-refractivity contribution in [2.75, 3.05) is 45.8 Å². The molecule has 0 saturated carbocycles. The summed E-state index contributed by atoms with van der Waals surface area (Å²) in [6, 6.07) is 14.6. The molecule has 204 valence electrons. The molecule has 2 amide bonds. The molecule has 2 aromatic rings. The Labute approximate surface area is 225 Å². The highest BCUT2D eigenvalue weighted by molar-refractivity contribution is 7.86. The van der Waals surface area contributed by atoms with E-state index in [1.54, 1.807) is 0 Å². The number of terminal acetylenes is 1. The highest BCUT2D eigenvalue weighted by Crippen LogP contribution is 2.32. The van der Waals surface area contributed by atoms with E-state index in [9.17, 15) is 18.0 Å². The van der Waals surface area contributed by atoms with Crippen molar-refractivity contribution < 1.29 is 18.0 Å². The van der Waals surface area contributed by atoms with Crippen LogP contribution < -0.4 is 10.6 Å². The van der Waals surface area contributed by atoms with Gasteiger partial charge in [0.2, 0.25) is 11.8 Å². The third kappa shape index (κ3) is 6.53. The van der Waals surface area contributed by atoms with E-state index in [4.69, 9.17) is 6.42 Å². The number of benzene rings is 2. The number of carbonyl (C=O) groups excluding carboxylic acids is 2. The van der Waals surface area contributed by atoms with Crippen LogP contribution in [0.1, 0.15) is 44.2 Å². The van der Waals surface area contributed by atoms with E-state index in [0.29, 0.717) is 25.9 Å². The summed E-state index contributed by atoms with van der Waals surface area (Å²) in [5.41, 5.74) is 1.26. The SMILES string of the molecule is C#CCNC(=O)CNC(=O)CN(C1CCN([C@H](C)c2cccc3ccccc23)CC1)S(=O)(=O)N1CCCC1. The molecule has 0 radical (unpaired) electrons. The molecular weight excluding hydrogens is 502 g/mol. The second-order valence-corrected chi connectivity index (χ2v) is 11.8. The molecule has 0 aromatic heterocycles. The van der Waals surface area contributed by atoms with Crippen molar-refractivity contribution in [1.29, 1.82) is 0 Å². The Balaban J connectivity index is 1.44. The molecule has 2 fully saturated rings. The molecule has 4 rings (SSSR count). The lowest BCUT2D eigenvalue weighted by Crippen LogP contribution is -2.55. The summed E-state index contributed by atoms with van der Waals surface area (Å²) in [5, 5.41) is 7.45. The normalized spacial score (nSPS) is 18.3. The fraction of sp³-hybridized carbons (Fsp3) is 0.500. The predicted molar refractivity (Wildman–Crippen MR) is 148 cm³/mol. The molecule has 0 spiro atoms. The van der Waals surface area contributed by atoms with Gasteiger partial charge >= 0.3 is 0 Å². The van der Waals surface area contributed by atoms with Crippen molar-refractivity contribution in [3.8, 4) is 12.3 Å². The zero-order valence-corrected chi connectivity index (χ0v) is 22.8. The van der Waals surface area contributed by atoms with E-state index in [2.05, 4.69) is 64.8 Å². The molecule has 2 aromatic carbocycles. The molecule has 9 nitrogen and oxygen atoms in total. The van der Waals surface area contributed by atoms with Crippen molar-refractivity contribution >= 4 is 32.8 Å². The zero-order chi connectivity index (χ0) is 27.1. The standard InChI is InChI=1S/C28H37N5O4S/c1-3-15-29-27(34)20-30-28(35)21-33(38(36,37)32-16-6-7-17-32)24-13-18-31(19-14-24)22(2)25-12-8-10-23-9-4-5-11-26(23)25/h1,4-5,8-12,22,24H,6-7,13-21H2,2H3,(H,29,34)(H,30,35)/t22-/m1/s1. The lowest BCUT2D eigenvalue weighted by atomic mass is 9.96. The van der Waals surface area contributed by atoms with Crippen molar-refractivity contribution in [3.05, 3.63) is 48.0 Å². The van der Waals surface area contributed by atoms with Gasteiger partial charge in [-0.25, -0.2) is 0 Å². The fourth-order valence-electron chi connectivity index (χ4n) is 5.43. The van der Waals surface area contributed by atoms with Crippen LogP contribution in [0.4, 0.5) is 0 Å². The summed E-state index contributed by atoms with van der Waals surface area (Å²) in [7, 11) is -3.81. The second kappa shape index (κ2) is 12.7. The average Bonchev–Trinajstić information content (AvgIpc) is 3.49. The van der Waals surface area contributed by atoms with Gasteiger partial charge in [-0.1, -0.05) is 48.4 Å². The Bertz CT molecular complexity index is 1270. The van der Waals surface area contributed by atoms with Gasteiger partial charge in [0, 0.05) is 38.3 Å². The second-order valence-electron chi connectivity index (χ2n) is 9.93. The topological polar surface area (TPSA) is 102 Å². The highest BCUT2D eigenvalue weighted by Gasteiger charge is 2.39. The molecule has 0 aliphatic carbocycles. The molecule has 0 unspecified atom stereocenters. The molecule has 1 atom stereocenters. The van der Waals surface area contributed by atoms with Crippen LogP contribution in [0.25, 0.3) is 10.8 Å². The minimum absolute atomic E-state index is 0.0694. The Morgan fingerprint density at radius 2 is 1.71 bits per heavy atom. The Morgan fingerprint density at radius 1 is 1.03 bits per heavy atom. The summed E-state index contributed by atoms with van der Waals surface area (Å²) in [5.74, 6) is 1.38. The van der Waals surface area contributed by atoms with Gasteiger partial charge in [-0.3, -0.25) is 14.5 Å². The third-order valence-corrected chi connectivity index (χ3v) is 9.59. The average molecular weight is 540 g/mol. The number of nitrogens with zero attached hydrogens (tertiary/aromatic N) is 3. The van der Waals surface area contributed by atoms with Crippen LogP contribution in [-0.4, -0.2) is 85.6 Å². The fourth-order valence-corrected chi connectivity index (χ4v) is 7.31. The summed E-state index contributed by atoms with van der Waals surface area (Å²) in [6.07, 6.45) is 8.02. The van der Waals surface area contributed by atoms with E-state index in [-0.39, 0.29) is 31.7 Å².